The van der Waals surface area contributed by atoms with Crippen LogP contribution in [0.2, 0.25) is 0 Å². The molecular formula is HBF6O4P-. The summed E-state index contributed by atoms with van der Waals surface area (Å²) in [5.41, 5.74) is 0. The third kappa shape index (κ3) is 22.6. The Morgan fingerprint density at radius 3 is 1.25 bits per heavy atom. The van der Waals surface area contributed by atoms with E-state index in [1.807, 2.05) is 0 Å². The Kier molecular flexibility index (Phi) is 6.44. The predicted molar refractivity (Wildman–Crippen MR) is 24.4 cm³/mol. The summed E-state index contributed by atoms with van der Waals surface area (Å²) in [5, 5.41) is 0. The SMILES string of the molecule is F[B-](F)(F)F.O=P(O)(OF)OF. The van der Waals surface area contributed by atoms with E-state index < -0.39 is 15.1 Å². The molecule has 0 spiro atoms. The van der Waals surface area contributed by atoms with E-state index in [9.17, 15) is 30.9 Å². The van der Waals surface area contributed by atoms with Gasteiger partial charge in [-0.1, -0.05) is 9.46 Å². The number of hydrogen-bond donors (Lipinski definition) is 1. The molecule has 0 atom stereocenters. The van der Waals surface area contributed by atoms with Crippen molar-refractivity contribution in [3.05, 3.63) is 0 Å². The van der Waals surface area contributed by atoms with Crippen LogP contribution in [0, 0.1) is 0 Å². The summed E-state index contributed by atoms with van der Waals surface area (Å²) in [7, 11) is -11.0. The first-order chi connectivity index (χ1) is 5.12. The highest BCUT2D eigenvalue weighted by Crippen LogP contribution is 2.43. The molecule has 0 saturated heterocycles. The second-order valence-corrected chi connectivity index (χ2v) is 2.31. The van der Waals surface area contributed by atoms with Crippen molar-refractivity contribution in [2.75, 3.05) is 0 Å². The molecule has 0 saturated carbocycles. The van der Waals surface area contributed by atoms with Gasteiger partial charge in [-0.05, 0) is 9.05 Å². The van der Waals surface area contributed by atoms with Crippen LogP contribution in [0.1, 0.15) is 0 Å². The lowest BCUT2D eigenvalue weighted by Gasteiger charge is -1.94. The second-order valence-electron chi connectivity index (χ2n) is 1.10. The molecule has 4 nitrogen and oxygen atoms in total. The van der Waals surface area contributed by atoms with Gasteiger partial charge < -0.3 is 17.3 Å². The first-order valence-electron chi connectivity index (χ1n) is 1.93. The van der Waals surface area contributed by atoms with Gasteiger partial charge in [-0.25, -0.2) is 4.57 Å². The minimum Gasteiger partial charge on any atom is -0.418 e. The minimum atomic E-state index is -6.00. The standard InChI is InChI=1S/BF4.F2HO4P/c2-1(3,4)5;1-5-7(3,4)6-2/h;(H,3,4)/q-1;. The van der Waals surface area contributed by atoms with Crippen molar-refractivity contribution < 1.29 is 45.2 Å². The van der Waals surface area contributed by atoms with Gasteiger partial charge in [-0.15, -0.1) is 0 Å². The van der Waals surface area contributed by atoms with Gasteiger partial charge in [0.2, 0.25) is 0 Å². The number of halogens is 6. The molecule has 1 N–H and O–H groups in total. The molecule has 0 aromatic heterocycles. The molecule has 12 heavy (non-hydrogen) atoms. The van der Waals surface area contributed by atoms with Crippen molar-refractivity contribution in [3.63, 3.8) is 0 Å². The van der Waals surface area contributed by atoms with E-state index in [1.165, 1.54) is 0 Å². The van der Waals surface area contributed by atoms with Crippen LogP contribution in [-0.4, -0.2) is 12.1 Å². The summed E-state index contributed by atoms with van der Waals surface area (Å²) in [6, 6.07) is 0. The van der Waals surface area contributed by atoms with Crippen LogP contribution in [-0.2, 0) is 14.0 Å². The zero-order valence-corrected chi connectivity index (χ0v) is 5.86. The van der Waals surface area contributed by atoms with E-state index >= 15 is 0 Å². The van der Waals surface area contributed by atoms with Crippen LogP contribution in [0.3, 0.4) is 0 Å². The number of hydrogen-bond acceptors (Lipinski definition) is 3. The van der Waals surface area contributed by atoms with Gasteiger partial charge in [0, 0.05) is 0 Å². The van der Waals surface area contributed by atoms with Crippen LogP contribution >= 0.6 is 7.82 Å². The second kappa shape index (κ2) is 5.41. The van der Waals surface area contributed by atoms with E-state index in [0.717, 1.165) is 0 Å². The predicted octanol–water partition coefficient (Wildman–Crippen LogP) is 2.19. The number of phosphoric acid groups is 1. The molecule has 0 aromatic carbocycles. The highest BCUT2D eigenvalue weighted by Gasteiger charge is 2.22. The van der Waals surface area contributed by atoms with Crippen LogP contribution in [0.4, 0.5) is 26.3 Å². The molecule has 0 radical (unpaired) electrons. The fourth-order valence-corrected chi connectivity index (χ4v) is 0.0319. The fraction of sp³-hybridized carbons (Fsp3) is 0. The Hall–Kier alpha value is -0.245. The van der Waals surface area contributed by atoms with Crippen molar-refractivity contribution in [1.29, 1.82) is 0 Å². The molecule has 0 aliphatic rings. The van der Waals surface area contributed by atoms with Crippen LogP contribution < -0.4 is 0 Å². The van der Waals surface area contributed by atoms with Crippen LogP contribution in [0.15, 0.2) is 0 Å². The Labute approximate surface area is 61.6 Å². The summed E-state index contributed by atoms with van der Waals surface area (Å²) in [6.07, 6.45) is 0. The fourth-order valence-electron chi connectivity index (χ4n) is 0.0106. The molecule has 0 amide bonds. The van der Waals surface area contributed by atoms with Gasteiger partial charge in [-0.3, -0.25) is 4.89 Å². The summed E-state index contributed by atoms with van der Waals surface area (Å²) in [6.45, 7) is 0. The average molecular weight is 221 g/mol. The van der Waals surface area contributed by atoms with E-state index in [0.29, 0.717) is 0 Å². The molecule has 0 aromatic rings. The topological polar surface area (TPSA) is 55.8 Å². The first-order valence-corrected chi connectivity index (χ1v) is 3.42. The van der Waals surface area contributed by atoms with Gasteiger partial charge in [0.25, 0.3) is 0 Å². The largest absolute Gasteiger partial charge is 0.673 e. The summed E-state index contributed by atoms with van der Waals surface area (Å²) >= 11 is 0. The average Bonchev–Trinajstić information content (AvgIpc) is 1.85. The van der Waals surface area contributed by atoms with Crippen molar-refractivity contribution >= 4 is 15.1 Å². The lowest BCUT2D eigenvalue weighted by atomic mass is 10.3. The molecule has 0 heterocycles. The van der Waals surface area contributed by atoms with E-state index in [-0.39, 0.29) is 0 Å². The normalized spacial score (nSPS) is 11.9. The van der Waals surface area contributed by atoms with Gasteiger partial charge >= 0.3 is 15.1 Å². The Morgan fingerprint density at radius 2 is 1.25 bits per heavy atom. The molecule has 0 aliphatic heterocycles. The molecule has 0 bridgehead atoms. The van der Waals surface area contributed by atoms with Crippen molar-refractivity contribution in [1.82, 2.24) is 0 Å². The van der Waals surface area contributed by atoms with Crippen LogP contribution in [0.5, 0.6) is 0 Å². The van der Waals surface area contributed by atoms with Gasteiger partial charge in [0.1, 0.15) is 0 Å². The molecular weight excluding hydrogens is 220 g/mol. The van der Waals surface area contributed by atoms with Crippen molar-refractivity contribution in [3.8, 4) is 0 Å². The zero-order chi connectivity index (χ0) is 10.4. The highest BCUT2D eigenvalue weighted by atomic mass is 31.2. The van der Waals surface area contributed by atoms with Gasteiger partial charge in [-0.2, -0.15) is 0 Å². The van der Waals surface area contributed by atoms with Crippen LogP contribution in [0.25, 0.3) is 0 Å². The van der Waals surface area contributed by atoms with Crippen molar-refractivity contribution in [2.24, 2.45) is 0 Å². The molecule has 0 aliphatic carbocycles. The quantitative estimate of drug-likeness (QED) is 0.440. The molecule has 0 fully saturated rings. The Morgan fingerprint density at radius 1 is 1.08 bits per heavy atom. The molecule has 0 unspecified atom stereocenters. The van der Waals surface area contributed by atoms with Crippen molar-refractivity contribution in [2.45, 2.75) is 0 Å². The van der Waals surface area contributed by atoms with E-state index in [2.05, 4.69) is 9.46 Å². The highest BCUT2D eigenvalue weighted by molar-refractivity contribution is 7.47. The molecule has 12 heteroatoms. The monoisotopic (exact) mass is 221 g/mol. The first kappa shape index (κ1) is 14.3. The van der Waals surface area contributed by atoms with Gasteiger partial charge in [0.15, 0.2) is 0 Å². The third-order valence-corrected chi connectivity index (χ3v) is 0.523. The third-order valence-electron chi connectivity index (χ3n) is 0.174. The summed E-state index contributed by atoms with van der Waals surface area (Å²) < 4.78 is 73.3. The van der Waals surface area contributed by atoms with E-state index in [4.69, 9.17) is 4.89 Å². The van der Waals surface area contributed by atoms with E-state index in [1.54, 1.807) is 0 Å². The lowest BCUT2D eigenvalue weighted by Crippen LogP contribution is -2.02. The minimum absolute atomic E-state index is 2.10. The Balaban J connectivity index is 0. The zero-order valence-electron chi connectivity index (χ0n) is 4.96. The molecule has 0 rings (SSSR count). The molecule has 76 valence electrons. The number of rotatable bonds is 2. The summed E-state index contributed by atoms with van der Waals surface area (Å²) in [5.74, 6) is 0. The Bertz CT molecular complexity index is 140. The summed E-state index contributed by atoms with van der Waals surface area (Å²) in [4.78, 5) is 7.49. The maximum atomic E-state index is 10.4. The maximum Gasteiger partial charge on any atom is 0.673 e. The smallest absolute Gasteiger partial charge is 0.418 e. The maximum absolute atomic E-state index is 10.4. The lowest BCUT2D eigenvalue weighted by molar-refractivity contribution is -0.110. The van der Waals surface area contributed by atoms with Gasteiger partial charge in [0.05, 0.1) is 0 Å².